The highest BCUT2D eigenvalue weighted by Crippen LogP contribution is 2.34. The van der Waals surface area contributed by atoms with Gasteiger partial charge in [-0.1, -0.05) is 23.2 Å². The lowest BCUT2D eigenvalue weighted by Crippen LogP contribution is -2.20. The number of hydrogen-bond donors (Lipinski definition) is 2. The van der Waals surface area contributed by atoms with Crippen LogP contribution in [0.1, 0.15) is 13.8 Å². The molecule has 1 aromatic rings. The zero-order valence-electron chi connectivity index (χ0n) is 9.46. The molecule has 0 spiro atoms. The molecule has 0 atom stereocenters. The molecule has 4 nitrogen and oxygen atoms in total. The van der Waals surface area contributed by atoms with Gasteiger partial charge in [0, 0.05) is 5.02 Å². The highest BCUT2D eigenvalue weighted by Gasteiger charge is 2.11. The first-order chi connectivity index (χ1) is 7.90. The van der Waals surface area contributed by atoms with E-state index in [1.807, 2.05) is 13.8 Å². The van der Waals surface area contributed by atoms with Crippen molar-refractivity contribution in [3.05, 3.63) is 22.2 Å². The van der Waals surface area contributed by atoms with Crippen LogP contribution in [0.15, 0.2) is 12.1 Å². The maximum Gasteiger partial charge on any atom is 0.250 e. The number of ether oxygens (including phenoxy) is 1. The van der Waals surface area contributed by atoms with Gasteiger partial charge in [0.05, 0.1) is 16.8 Å². The molecule has 1 amide bonds. The number of hydrogen-bond acceptors (Lipinski definition) is 3. The molecule has 2 N–H and O–H groups in total. The lowest BCUT2D eigenvalue weighted by Gasteiger charge is -2.10. The van der Waals surface area contributed by atoms with E-state index in [0.29, 0.717) is 5.02 Å². The molecule has 0 bridgehead atoms. The quantitative estimate of drug-likeness (QED) is 0.832. The Morgan fingerprint density at radius 1 is 1.47 bits per heavy atom. The zero-order chi connectivity index (χ0) is 13.0. The SMILES string of the molecule is CC(C)OCC(=O)Nc1cc(Cl)cc(Cl)c1O. The minimum Gasteiger partial charge on any atom is -0.504 e. The van der Waals surface area contributed by atoms with E-state index in [1.165, 1.54) is 12.1 Å². The van der Waals surface area contributed by atoms with Crippen LogP contribution in [0.4, 0.5) is 5.69 Å². The summed E-state index contributed by atoms with van der Waals surface area (Å²) in [6, 6.07) is 2.80. The van der Waals surface area contributed by atoms with Gasteiger partial charge in [-0.2, -0.15) is 0 Å². The Labute approximate surface area is 109 Å². The highest BCUT2D eigenvalue weighted by molar-refractivity contribution is 6.36. The Hall–Kier alpha value is -0.970. The molecular weight excluding hydrogens is 265 g/mol. The average Bonchev–Trinajstić information content (AvgIpc) is 2.22. The molecule has 0 heterocycles. The van der Waals surface area contributed by atoms with Crippen molar-refractivity contribution in [2.75, 3.05) is 11.9 Å². The van der Waals surface area contributed by atoms with Crippen LogP contribution in [-0.2, 0) is 9.53 Å². The van der Waals surface area contributed by atoms with Crippen molar-refractivity contribution in [2.24, 2.45) is 0 Å². The number of phenols is 1. The van der Waals surface area contributed by atoms with Crippen LogP contribution in [0, 0.1) is 0 Å². The summed E-state index contributed by atoms with van der Waals surface area (Å²) >= 11 is 11.5. The maximum atomic E-state index is 11.5. The van der Waals surface area contributed by atoms with E-state index in [2.05, 4.69) is 5.32 Å². The summed E-state index contributed by atoms with van der Waals surface area (Å²) in [4.78, 5) is 11.5. The first kappa shape index (κ1) is 14.1. The first-order valence-corrected chi connectivity index (χ1v) is 5.75. The van der Waals surface area contributed by atoms with E-state index in [-0.39, 0.29) is 35.1 Å². The third kappa shape index (κ3) is 4.42. The molecule has 0 saturated heterocycles. The minimum atomic E-state index is -0.382. The summed E-state index contributed by atoms with van der Waals surface area (Å²) in [5, 5.41) is 12.5. The molecule has 0 unspecified atom stereocenters. The summed E-state index contributed by atoms with van der Waals surface area (Å²) in [5.74, 6) is -0.596. The number of rotatable bonds is 4. The lowest BCUT2D eigenvalue weighted by atomic mass is 10.3. The molecule has 17 heavy (non-hydrogen) atoms. The predicted octanol–water partition coefficient (Wildman–Crippen LogP) is 3.06. The van der Waals surface area contributed by atoms with Gasteiger partial charge in [-0.25, -0.2) is 0 Å². The van der Waals surface area contributed by atoms with Crippen molar-refractivity contribution in [1.29, 1.82) is 0 Å². The Kier molecular flexibility index (Phi) is 5.05. The van der Waals surface area contributed by atoms with Crippen LogP contribution >= 0.6 is 23.2 Å². The molecule has 0 fully saturated rings. The zero-order valence-corrected chi connectivity index (χ0v) is 11.0. The Morgan fingerprint density at radius 3 is 2.71 bits per heavy atom. The summed E-state index contributed by atoms with van der Waals surface area (Å²) in [7, 11) is 0. The number of carbonyl (C=O) groups is 1. The van der Waals surface area contributed by atoms with E-state index in [4.69, 9.17) is 27.9 Å². The fourth-order valence-electron chi connectivity index (χ4n) is 1.09. The van der Waals surface area contributed by atoms with E-state index in [0.717, 1.165) is 0 Å². The third-order valence-corrected chi connectivity index (χ3v) is 2.36. The van der Waals surface area contributed by atoms with Crippen molar-refractivity contribution < 1.29 is 14.6 Å². The van der Waals surface area contributed by atoms with Crippen LogP contribution in [0.5, 0.6) is 5.75 Å². The molecule has 0 aliphatic rings. The van der Waals surface area contributed by atoms with Gasteiger partial charge in [0.2, 0.25) is 5.91 Å². The third-order valence-electron chi connectivity index (χ3n) is 1.85. The van der Waals surface area contributed by atoms with Crippen molar-refractivity contribution in [3.63, 3.8) is 0 Å². The maximum absolute atomic E-state index is 11.5. The number of anilines is 1. The Balaban J connectivity index is 2.71. The molecule has 0 aliphatic heterocycles. The molecule has 1 aromatic carbocycles. The van der Waals surface area contributed by atoms with E-state index in [1.54, 1.807) is 0 Å². The monoisotopic (exact) mass is 277 g/mol. The van der Waals surface area contributed by atoms with Gasteiger partial charge in [0.25, 0.3) is 0 Å². The average molecular weight is 278 g/mol. The minimum absolute atomic E-state index is 0.0442. The number of amides is 1. The Bertz CT molecular complexity index is 421. The fourth-order valence-corrected chi connectivity index (χ4v) is 1.58. The summed E-state index contributed by atoms with van der Waals surface area (Å²) in [6.07, 6.45) is -0.0442. The predicted molar refractivity (Wildman–Crippen MR) is 67.8 cm³/mol. The number of aromatic hydroxyl groups is 1. The number of halogens is 2. The van der Waals surface area contributed by atoms with Gasteiger partial charge in [-0.3, -0.25) is 4.79 Å². The Morgan fingerprint density at radius 2 is 2.12 bits per heavy atom. The van der Waals surface area contributed by atoms with Gasteiger partial charge in [-0.15, -0.1) is 0 Å². The molecular formula is C11H13Cl2NO3. The lowest BCUT2D eigenvalue weighted by molar-refractivity contribution is -0.121. The van der Waals surface area contributed by atoms with Crippen molar-refractivity contribution in [2.45, 2.75) is 20.0 Å². The molecule has 1 rings (SSSR count). The molecule has 0 radical (unpaired) electrons. The van der Waals surface area contributed by atoms with E-state index >= 15 is 0 Å². The van der Waals surface area contributed by atoms with Gasteiger partial charge >= 0.3 is 0 Å². The van der Waals surface area contributed by atoms with Crippen molar-refractivity contribution in [1.82, 2.24) is 0 Å². The van der Waals surface area contributed by atoms with Crippen molar-refractivity contribution in [3.8, 4) is 5.75 Å². The normalized spacial score (nSPS) is 10.6. The summed E-state index contributed by atoms with van der Waals surface area (Å²) in [5.41, 5.74) is 0.167. The van der Waals surface area contributed by atoms with Crippen LogP contribution in [0.25, 0.3) is 0 Å². The smallest absolute Gasteiger partial charge is 0.250 e. The molecule has 6 heteroatoms. The van der Waals surface area contributed by atoms with E-state index < -0.39 is 0 Å². The second-order valence-electron chi connectivity index (χ2n) is 3.69. The molecule has 0 saturated carbocycles. The molecule has 0 aromatic heterocycles. The van der Waals surface area contributed by atoms with E-state index in [9.17, 15) is 9.90 Å². The van der Waals surface area contributed by atoms with Gasteiger partial charge in [0.15, 0.2) is 5.75 Å². The number of nitrogens with one attached hydrogen (secondary N) is 1. The standard InChI is InChI=1S/C11H13Cl2NO3/c1-6(2)17-5-10(15)14-9-4-7(12)3-8(13)11(9)16/h3-4,6,16H,5H2,1-2H3,(H,14,15). The summed E-state index contributed by atoms with van der Waals surface area (Å²) < 4.78 is 5.12. The van der Waals surface area contributed by atoms with Crippen LogP contribution in [0.3, 0.4) is 0 Å². The van der Waals surface area contributed by atoms with Gasteiger partial charge in [0.1, 0.15) is 6.61 Å². The number of phenolic OH excluding ortho intramolecular Hbond substituents is 1. The largest absolute Gasteiger partial charge is 0.504 e. The fraction of sp³-hybridized carbons (Fsp3) is 0.364. The van der Waals surface area contributed by atoms with Crippen LogP contribution in [0.2, 0.25) is 10.0 Å². The second kappa shape index (κ2) is 6.10. The van der Waals surface area contributed by atoms with Gasteiger partial charge < -0.3 is 15.2 Å². The van der Waals surface area contributed by atoms with Crippen LogP contribution < -0.4 is 5.32 Å². The molecule has 94 valence electrons. The topological polar surface area (TPSA) is 58.6 Å². The first-order valence-electron chi connectivity index (χ1n) is 4.99. The highest BCUT2D eigenvalue weighted by atomic mass is 35.5. The second-order valence-corrected chi connectivity index (χ2v) is 4.54. The van der Waals surface area contributed by atoms with Crippen LogP contribution in [-0.4, -0.2) is 23.7 Å². The van der Waals surface area contributed by atoms with Gasteiger partial charge in [-0.05, 0) is 26.0 Å². The molecule has 0 aliphatic carbocycles. The number of carbonyl (C=O) groups excluding carboxylic acids is 1. The summed E-state index contributed by atoms with van der Waals surface area (Å²) in [6.45, 7) is 3.54. The van der Waals surface area contributed by atoms with Crippen molar-refractivity contribution >= 4 is 34.8 Å². The number of benzene rings is 1.